The largest absolute Gasteiger partial charge is 0.352 e. The Morgan fingerprint density at radius 2 is 1.82 bits per heavy atom. The van der Waals surface area contributed by atoms with Gasteiger partial charge in [-0.2, -0.15) is 0 Å². The zero-order chi connectivity index (χ0) is 11.7. The Morgan fingerprint density at radius 3 is 2.65 bits per heavy atom. The van der Waals surface area contributed by atoms with Crippen LogP contribution in [0.5, 0.6) is 0 Å². The number of anilines is 1. The summed E-state index contributed by atoms with van der Waals surface area (Å²) >= 11 is 0. The standard InChI is InChI=1S/C13H16N4/c1-16-7-9-17(10-8-16)13-12-11(4-6-15-13)3-2-5-14-12/h2-6H,7-10H2,1H3. The monoisotopic (exact) mass is 228 g/mol. The second-order valence-electron chi connectivity index (χ2n) is 4.50. The first-order valence-corrected chi connectivity index (χ1v) is 5.98. The van der Waals surface area contributed by atoms with E-state index in [0.717, 1.165) is 42.9 Å². The Morgan fingerprint density at radius 1 is 1.00 bits per heavy atom. The molecule has 1 fully saturated rings. The van der Waals surface area contributed by atoms with Crippen LogP contribution in [0.1, 0.15) is 0 Å². The molecule has 0 unspecified atom stereocenters. The smallest absolute Gasteiger partial charge is 0.155 e. The Hall–Kier alpha value is -1.68. The molecule has 3 rings (SSSR count). The first-order chi connectivity index (χ1) is 8.34. The van der Waals surface area contributed by atoms with Crippen LogP contribution in [0.25, 0.3) is 10.9 Å². The third-order valence-electron chi connectivity index (χ3n) is 3.30. The fourth-order valence-corrected chi connectivity index (χ4v) is 2.24. The molecule has 0 saturated carbocycles. The van der Waals surface area contributed by atoms with Crippen LogP contribution in [-0.4, -0.2) is 48.1 Å². The topological polar surface area (TPSA) is 32.3 Å². The number of fused-ring (bicyclic) bond motifs is 1. The maximum absolute atomic E-state index is 4.50. The van der Waals surface area contributed by atoms with Crippen LogP contribution in [0.3, 0.4) is 0 Å². The van der Waals surface area contributed by atoms with Gasteiger partial charge in [-0.05, 0) is 19.2 Å². The van der Waals surface area contributed by atoms with E-state index in [1.54, 1.807) is 0 Å². The van der Waals surface area contributed by atoms with E-state index >= 15 is 0 Å². The molecular weight excluding hydrogens is 212 g/mol. The molecule has 3 heterocycles. The number of rotatable bonds is 1. The second kappa shape index (κ2) is 4.30. The number of pyridine rings is 2. The van der Waals surface area contributed by atoms with E-state index in [2.05, 4.69) is 32.9 Å². The van der Waals surface area contributed by atoms with E-state index < -0.39 is 0 Å². The molecule has 0 radical (unpaired) electrons. The molecule has 2 aromatic rings. The lowest BCUT2D eigenvalue weighted by Gasteiger charge is -2.33. The van der Waals surface area contributed by atoms with Gasteiger partial charge in [-0.25, -0.2) is 4.98 Å². The number of piperazine rings is 1. The minimum atomic E-state index is 1.01. The molecule has 4 heteroatoms. The molecule has 0 amide bonds. The van der Waals surface area contributed by atoms with Crippen molar-refractivity contribution in [2.24, 2.45) is 0 Å². The molecule has 4 nitrogen and oxygen atoms in total. The van der Waals surface area contributed by atoms with E-state index in [-0.39, 0.29) is 0 Å². The maximum atomic E-state index is 4.50. The van der Waals surface area contributed by atoms with Gasteiger partial charge in [0.1, 0.15) is 5.52 Å². The zero-order valence-corrected chi connectivity index (χ0v) is 10.0. The van der Waals surface area contributed by atoms with Crippen LogP contribution in [0.4, 0.5) is 5.82 Å². The summed E-state index contributed by atoms with van der Waals surface area (Å²) in [4.78, 5) is 13.6. The molecule has 88 valence electrons. The van der Waals surface area contributed by atoms with Crippen molar-refractivity contribution in [1.82, 2.24) is 14.9 Å². The summed E-state index contributed by atoms with van der Waals surface area (Å²) in [5, 5.41) is 1.16. The van der Waals surface area contributed by atoms with E-state index in [1.165, 1.54) is 0 Å². The summed E-state index contributed by atoms with van der Waals surface area (Å²) in [6.07, 6.45) is 3.71. The number of nitrogens with zero attached hydrogens (tertiary/aromatic N) is 4. The summed E-state index contributed by atoms with van der Waals surface area (Å²) in [5.74, 6) is 1.02. The first-order valence-electron chi connectivity index (χ1n) is 5.98. The Bertz CT molecular complexity index is 512. The maximum Gasteiger partial charge on any atom is 0.155 e. The summed E-state index contributed by atoms with van der Waals surface area (Å²) < 4.78 is 0. The predicted octanol–water partition coefficient (Wildman–Crippen LogP) is 1.38. The normalized spacial score (nSPS) is 17.6. The molecule has 0 aromatic carbocycles. The van der Waals surface area contributed by atoms with Gasteiger partial charge in [0.15, 0.2) is 5.82 Å². The molecule has 0 spiro atoms. The Labute approximate surface area is 101 Å². The average molecular weight is 228 g/mol. The van der Waals surface area contributed by atoms with Crippen molar-refractivity contribution in [3.05, 3.63) is 30.6 Å². The quantitative estimate of drug-likeness (QED) is 0.738. The number of hydrogen-bond acceptors (Lipinski definition) is 4. The van der Waals surface area contributed by atoms with E-state index in [1.807, 2.05) is 24.5 Å². The first kappa shape index (κ1) is 10.5. The van der Waals surface area contributed by atoms with E-state index in [4.69, 9.17) is 0 Å². The minimum absolute atomic E-state index is 1.01. The molecule has 0 atom stereocenters. The fraction of sp³-hybridized carbons (Fsp3) is 0.385. The lowest BCUT2D eigenvalue weighted by Crippen LogP contribution is -2.44. The summed E-state index contributed by atoms with van der Waals surface area (Å²) in [7, 11) is 2.16. The van der Waals surface area contributed by atoms with Crippen molar-refractivity contribution in [2.75, 3.05) is 38.1 Å². The fourth-order valence-electron chi connectivity index (χ4n) is 2.24. The third kappa shape index (κ3) is 1.96. The van der Waals surface area contributed by atoms with Crippen LogP contribution in [0, 0.1) is 0 Å². The molecule has 1 saturated heterocycles. The van der Waals surface area contributed by atoms with Gasteiger partial charge in [-0.15, -0.1) is 0 Å². The number of likely N-dealkylation sites (N-methyl/N-ethyl adjacent to an activating group) is 1. The van der Waals surface area contributed by atoms with Crippen molar-refractivity contribution in [1.29, 1.82) is 0 Å². The highest BCUT2D eigenvalue weighted by Crippen LogP contribution is 2.22. The summed E-state index contributed by atoms with van der Waals surface area (Å²) in [5.41, 5.74) is 1.01. The third-order valence-corrected chi connectivity index (χ3v) is 3.30. The summed E-state index contributed by atoms with van der Waals surface area (Å²) in [6, 6.07) is 6.07. The van der Waals surface area contributed by atoms with Crippen LogP contribution >= 0.6 is 0 Å². The van der Waals surface area contributed by atoms with E-state index in [0.29, 0.717) is 0 Å². The van der Waals surface area contributed by atoms with Gasteiger partial charge in [0.25, 0.3) is 0 Å². The van der Waals surface area contributed by atoms with Crippen LogP contribution < -0.4 is 4.90 Å². The van der Waals surface area contributed by atoms with Gasteiger partial charge in [0, 0.05) is 44.0 Å². The predicted molar refractivity (Wildman–Crippen MR) is 69.2 cm³/mol. The van der Waals surface area contributed by atoms with Crippen LogP contribution in [-0.2, 0) is 0 Å². The van der Waals surface area contributed by atoms with Gasteiger partial charge >= 0.3 is 0 Å². The van der Waals surface area contributed by atoms with Gasteiger partial charge < -0.3 is 9.80 Å². The highest BCUT2D eigenvalue weighted by Gasteiger charge is 2.17. The number of hydrogen-bond donors (Lipinski definition) is 0. The van der Waals surface area contributed by atoms with Crippen molar-refractivity contribution in [3.8, 4) is 0 Å². The molecule has 0 bridgehead atoms. The molecule has 0 aliphatic carbocycles. The molecule has 2 aromatic heterocycles. The van der Waals surface area contributed by atoms with Gasteiger partial charge in [-0.3, -0.25) is 4.98 Å². The Balaban J connectivity index is 2.00. The lowest BCUT2D eigenvalue weighted by molar-refractivity contribution is 0.312. The summed E-state index contributed by atoms with van der Waals surface area (Å²) in [6.45, 7) is 4.23. The Kier molecular flexibility index (Phi) is 2.65. The molecular formula is C13H16N4. The zero-order valence-electron chi connectivity index (χ0n) is 10.0. The van der Waals surface area contributed by atoms with Gasteiger partial charge in [-0.1, -0.05) is 6.07 Å². The van der Waals surface area contributed by atoms with Crippen LogP contribution in [0.15, 0.2) is 30.6 Å². The SMILES string of the molecule is CN1CCN(c2nccc3cccnc23)CC1. The second-order valence-corrected chi connectivity index (χ2v) is 4.50. The highest BCUT2D eigenvalue weighted by atomic mass is 15.3. The molecule has 1 aliphatic heterocycles. The van der Waals surface area contributed by atoms with Crippen LogP contribution in [0.2, 0.25) is 0 Å². The van der Waals surface area contributed by atoms with Crippen molar-refractivity contribution >= 4 is 16.7 Å². The molecule has 0 N–H and O–H groups in total. The minimum Gasteiger partial charge on any atom is -0.352 e. The lowest BCUT2D eigenvalue weighted by atomic mass is 10.2. The van der Waals surface area contributed by atoms with Gasteiger partial charge in [0.05, 0.1) is 0 Å². The average Bonchev–Trinajstić information content (AvgIpc) is 2.39. The van der Waals surface area contributed by atoms with E-state index in [9.17, 15) is 0 Å². The van der Waals surface area contributed by atoms with Crippen molar-refractivity contribution in [2.45, 2.75) is 0 Å². The highest BCUT2D eigenvalue weighted by molar-refractivity contribution is 5.88. The van der Waals surface area contributed by atoms with Crippen molar-refractivity contribution < 1.29 is 0 Å². The molecule has 1 aliphatic rings. The molecule has 17 heavy (non-hydrogen) atoms. The van der Waals surface area contributed by atoms with Crippen molar-refractivity contribution in [3.63, 3.8) is 0 Å². The van der Waals surface area contributed by atoms with Gasteiger partial charge in [0.2, 0.25) is 0 Å². The number of aromatic nitrogens is 2.